The maximum absolute atomic E-state index is 12.4. The molecule has 0 aliphatic heterocycles. The van der Waals surface area contributed by atoms with Gasteiger partial charge in [0.1, 0.15) is 17.5 Å². The van der Waals surface area contributed by atoms with Crippen LogP contribution in [-0.4, -0.2) is 17.9 Å². The number of para-hydroxylation sites is 1. The standard InChI is InChI=1S/C23H23N3O3/c1-16(23(28)26-20-10-8-19(9-11-20)25-17(2)27)24-18-12-14-22(15-13-18)29-21-6-4-3-5-7-21/h3-16,24H,1-2H3,(H,25,27)(H,26,28). The predicted molar refractivity (Wildman–Crippen MR) is 115 cm³/mol. The molecule has 1 unspecified atom stereocenters. The molecule has 0 radical (unpaired) electrons. The number of anilines is 3. The molecule has 0 spiro atoms. The van der Waals surface area contributed by atoms with Crippen molar-refractivity contribution >= 4 is 28.9 Å². The van der Waals surface area contributed by atoms with Gasteiger partial charge < -0.3 is 20.7 Å². The van der Waals surface area contributed by atoms with Crippen LogP contribution in [0.5, 0.6) is 11.5 Å². The highest BCUT2D eigenvalue weighted by Gasteiger charge is 2.13. The summed E-state index contributed by atoms with van der Waals surface area (Å²) in [6.07, 6.45) is 0. The molecule has 3 aromatic carbocycles. The molecule has 0 heterocycles. The Labute approximate surface area is 169 Å². The molecule has 0 saturated heterocycles. The molecule has 0 aliphatic rings. The Morgan fingerprint density at radius 1 is 0.724 bits per heavy atom. The van der Waals surface area contributed by atoms with E-state index in [0.717, 1.165) is 17.2 Å². The van der Waals surface area contributed by atoms with Crippen molar-refractivity contribution in [2.45, 2.75) is 19.9 Å². The van der Waals surface area contributed by atoms with E-state index < -0.39 is 6.04 Å². The lowest BCUT2D eigenvalue weighted by atomic mass is 10.2. The number of rotatable bonds is 7. The first kappa shape index (κ1) is 19.9. The van der Waals surface area contributed by atoms with Gasteiger partial charge in [-0.05, 0) is 67.6 Å². The number of hydrogen-bond acceptors (Lipinski definition) is 4. The van der Waals surface area contributed by atoms with Gasteiger partial charge in [-0.25, -0.2) is 0 Å². The van der Waals surface area contributed by atoms with E-state index in [2.05, 4.69) is 16.0 Å². The first-order chi connectivity index (χ1) is 14.0. The van der Waals surface area contributed by atoms with Gasteiger partial charge in [-0.15, -0.1) is 0 Å². The first-order valence-electron chi connectivity index (χ1n) is 9.27. The normalized spacial score (nSPS) is 11.2. The van der Waals surface area contributed by atoms with Crippen LogP contribution in [0.4, 0.5) is 17.1 Å². The molecule has 1 atom stereocenters. The molecule has 0 aromatic heterocycles. The molecule has 3 rings (SSSR count). The summed E-state index contributed by atoms with van der Waals surface area (Å²) in [4.78, 5) is 23.5. The van der Waals surface area contributed by atoms with Crippen LogP contribution < -0.4 is 20.7 Å². The Morgan fingerprint density at radius 2 is 1.24 bits per heavy atom. The molecule has 3 aromatic rings. The highest BCUT2D eigenvalue weighted by molar-refractivity contribution is 5.96. The summed E-state index contributed by atoms with van der Waals surface area (Å²) in [6.45, 7) is 3.23. The van der Waals surface area contributed by atoms with Gasteiger partial charge in [0.25, 0.3) is 0 Å². The van der Waals surface area contributed by atoms with Crippen molar-refractivity contribution in [3.05, 3.63) is 78.9 Å². The Hall–Kier alpha value is -3.80. The van der Waals surface area contributed by atoms with E-state index >= 15 is 0 Å². The van der Waals surface area contributed by atoms with Crippen molar-refractivity contribution in [1.82, 2.24) is 0 Å². The summed E-state index contributed by atoms with van der Waals surface area (Å²) in [7, 11) is 0. The van der Waals surface area contributed by atoms with Gasteiger partial charge >= 0.3 is 0 Å². The van der Waals surface area contributed by atoms with Gasteiger partial charge in [0.2, 0.25) is 11.8 Å². The van der Waals surface area contributed by atoms with Crippen LogP contribution >= 0.6 is 0 Å². The largest absolute Gasteiger partial charge is 0.457 e. The Morgan fingerprint density at radius 3 is 1.83 bits per heavy atom. The highest BCUT2D eigenvalue weighted by atomic mass is 16.5. The monoisotopic (exact) mass is 389 g/mol. The Balaban J connectivity index is 1.53. The van der Waals surface area contributed by atoms with Crippen LogP contribution in [0.3, 0.4) is 0 Å². The van der Waals surface area contributed by atoms with Crippen LogP contribution in [0.2, 0.25) is 0 Å². The first-order valence-corrected chi connectivity index (χ1v) is 9.27. The van der Waals surface area contributed by atoms with E-state index in [-0.39, 0.29) is 11.8 Å². The van der Waals surface area contributed by atoms with Gasteiger partial charge in [0.05, 0.1) is 0 Å². The molecule has 0 aliphatic carbocycles. The summed E-state index contributed by atoms with van der Waals surface area (Å²) in [6, 6.07) is 23.5. The zero-order valence-electron chi connectivity index (χ0n) is 16.3. The zero-order valence-corrected chi connectivity index (χ0v) is 16.3. The molecule has 2 amide bonds. The molecule has 0 bridgehead atoms. The zero-order chi connectivity index (χ0) is 20.6. The molecule has 0 saturated carbocycles. The lowest BCUT2D eigenvalue weighted by molar-refractivity contribution is -0.116. The number of hydrogen-bond donors (Lipinski definition) is 3. The average Bonchev–Trinajstić information content (AvgIpc) is 2.71. The fraction of sp³-hybridized carbons (Fsp3) is 0.130. The van der Waals surface area contributed by atoms with Crippen LogP contribution in [0.15, 0.2) is 78.9 Å². The lowest BCUT2D eigenvalue weighted by Crippen LogP contribution is -2.31. The molecule has 6 heteroatoms. The van der Waals surface area contributed by atoms with E-state index in [4.69, 9.17) is 4.74 Å². The average molecular weight is 389 g/mol. The van der Waals surface area contributed by atoms with E-state index in [0.29, 0.717) is 11.4 Å². The number of nitrogens with one attached hydrogen (secondary N) is 3. The van der Waals surface area contributed by atoms with Crippen LogP contribution in [0, 0.1) is 0 Å². The minimum Gasteiger partial charge on any atom is -0.457 e. The minimum atomic E-state index is -0.439. The number of carbonyl (C=O) groups excluding carboxylic acids is 2. The number of carbonyl (C=O) groups is 2. The van der Waals surface area contributed by atoms with Crippen molar-refractivity contribution < 1.29 is 14.3 Å². The van der Waals surface area contributed by atoms with Crippen LogP contribution in [0.25, 0.3) is 0 Å². The smallest absolute Gasteiger partial charge is 0.246 e. The van der Waals surface area contributed by atoms with Gasteiger partial charge in [-0.1, -0.05) is 18.2 Å². The lowest BCUT2D eigenvalue weighted by Gasteiger charge is -2.16. The molecular formula is C23H23N3O3. The molecule has 0 fully saturated rings. The van der Waals surface area contributed by atoms with Crippen molar-refractivity contribution in [3.63, 3.8) is 0 Å². The van der Waals surface area contributed by atoms with Gasteiger partial charge in [-0.3, -0.25) is 9.59 Å². The quantitative estimate of drug-likeness (QED) is 0.538. The molecule has 148 valence electrons. The third-order valence-electron chi connectivity index (χ3n) is 4.08. The number of amides is 2. The SMILES string of the molecule is CC(=O)Nc1ccc(NC(=O)C(C)Nc2ccc(Oc3ccccc3)cc2)cc1. The van der Waals surface area contributed by atoms with Crippen molar-refractivity contribution in [2.24, 2.45) is 0 Å². The van der Waals surface area contributed by atoms with E-state index in [9.17, 15) is 9.59 Å². The van der Waals surface area contributed by atoms with E-state index in [1.54, 1.807) is 31.2 Å². The minimum absolute atomic E-state index is 0.139. The number of ether oxygens (including phenoxy) is 1. The fourth-order valence-electron chi connectivity index (χ4n) is 2.65. The molecule has 6 nitrogen and oxygen atoms in total. The van der Waals surface area contributed by atoms with E-state index in [1.165, 1.54) is 6.92 Å². The molecule has 3 N–H and O–H groups in total. The maximum Gasteiger partial charge on any atom is 0.246 e. The third kappa shape index (κ3) is 6.10. The Kier molecular flexibility index (Phi) is 6.47. The second-order valence-corrected chi connectivity index (χ2v) is 6.55. The molecular weight excluding hydrogens is 366 g/mol. The van der Waals surface area contributed by atoms with Gasteiger partial charge in [-0.2, -0.15) is 0 Å². The predicted octanol–water partition coefficient (Wildman–Crippen LogP) is 4.88. The fourth-order valence-corrected chi connectivity index (χ4v) is 2.65. The van der Waals surface area contributed by atoms with Crippen molar-refractivity contribution in [1.29, 1.82) is 0 Å². The van der Waals surface area contributed by atoms with Gasteiger partial charge in [0.15, 0.2) is 0 Å². The maximum atomic E-state index is 12.4. The molecule has 29 heavy (non-hydrogen) atoms. The van der Waals surface area contributed by atoms with E-state index in [1.807, 2.05) is 54.6 Å². The summed E-state index contributed by atoms with van der Waals surface area (Å²) in [5, 5.41) is 8.70. The summed E-state index contributed by atoms with van der Waals surface area (Å²) in [5.74, 6) is 1.19. The van der Waals surface area contributed by atoms with Crippen LogP contribution in [0.1, 0.15) is 13.8 Å². The summed E-state index contributed by atoms with van der Waals surface area (Å²) >= 11 is 0. The number of benzene rings is 3. The second-order valence-electron chi connectivity index (χ2n) is 6.55. The Bertz CT molecular complexity index is 955. The summed E-state index contributed by atoms with van der Waals surface area (Å²) in [5.41, 5.74) is 2.15. The van der Waals surface area contributed by atoms with Crippen LogP contribution in [-0.2, 0) is 9.59 Å². The second kappa shape index (κ2) is 9.41. The highest BCUT2D eigenvalue weighted by Crippen LogP contribution is 2.23. The topological polar surface area (TPSA) is 79.5 Å². The summed E-state index contributed by atoms with van der Waals surface area (Å²) < 4.78 is 5.77. The van der Waals surface area contributed by atoms with Crippen molar-refractivity contribution in [3.8, 4) is 11.5 Å². The van der Waals surface area contributed by atoms with Crippen molar-refractivity contribution in [2.75, 3.05) is 16.0 Å². The van der Waals surface area contributed by atoms with Gasteiger partial charge in [0, 0.05) is 24.0 Å². The third-order valence-corrected chi connectivity index (χ3v) is 4.08.